The molecular weight excluding hydrogens is 178 g/mol. The van der Waals surface area contributed by atoms with E-state index < -0.39 is 0 Å². The molecule has 4 heteroatoms. The molecule has 0 radical (unpaired) electrons. The molecule has 0 fully saturated rings. The summed E-state index contributed by atoms with van der Waals surface area (Å²) in [4.78, 5) is 14.2. The van der Waals surface area contributed by atoms with E-state index in [0.29, 0.717) is 12.1 Å². The second-order valence-electron chi connectivity index (χ2n) is 2.82. The zero-order chi connectivity index (χ0) is 9.80. The topological polar surface area (TPSA) is 58.6 Å². The molecule has 0 aliphatic carbocycles. The zero-order valence-corrected chi connectivity index (χ0v) is 7.47. The minimum Gasteiger partial charge on any atom is -0.303 e. The number of carbonyl (C=O) groups excluding carboxylic acids is 1. The van der Waals surface area contributed by atoms with E-state index in [1.807, 2.05) is 18.2 Å². The number of aldehydes is 1. The fourth-order valence-electron chi connectivity index (χ4n) is 1.24. The van der Waals surface area contributed by atoms with Gasteiger partial charge in [0.15, 0.2) is 5.65 Å². The molecule has 0 saturated carbocycles. The molecule has 0 bridgehead atoms. The predicted octanol–water partition coefficient (Wildman–Crippen LogP) is 1.56. The highest BCUT2D eigenvalue weighted by Gasteiger charge is 2.00. The molecule has 4 nitrogen and oxygen atoms in total. The third-order valence-corrected chi connectivity index (χ3v) is 1.88. The highest BCUT2D eigenvalue weighted by molar-refractivity contribution is 5.83. The van der Waals surface area contributed by atoms with Crippen LogP contribution in [0.3, 0.4) is 0 Å². The largest absolute Gasteiger partial charge is 0.303 e. The molecule has 2 aromatic rings. The van der Waals surface area contributed by atoms with Crippen molar-refractivity contribution >= 4 is 23.4 Å². The van der Waals surface area contributed by atoms with Gasteiger partial charge in [0.25, 0.3) is 0 Å². The molecule has 0 aliphatic rings. The molecule has 2 aromatic heterocycles. The van der Waals surface area contributed by atoms with Crippen LogP contribution in [0.4, 0.5) is 0 Å². The Bertz CT molecular complexity index is 473. The van der Waals surface area contributed by atoms with Gasteiger partial charge in [-0.3, -0.25) is 5.10 Å². The lowest BCUT2D eigenvalue weighted by Crippen LogP contribution is -1.73. The van der Waals surface area contributed by atoms with Crippen LogP contribution in [0.2, 0.25) is 0 Å². The summed E-state index contributed by atoms with van der Waals surface area (Å²) in [5, 5.41) is 7.85. The van der Waals surface area contributed by atoms with Gasteiger partial charge in [-0.15, -0.1) is 0 Å². The normalized spacial score (nSPS) is 11.1. The number of pyridine rings is 1. The summed E-state index contributed by atoms with van der Waals surface area (Å²) in [6.07, 6.45) is 6.59. The van der Waals surface area contributed by atoms with Crippen molar-refractivity contribution in [3.63, 3.8) is 0 Å². The number of aromatic amines is 1. The first kappa shape index (κ1) is 8.62. The van der Waals surface area contributed by atoms with Gasteiger partial charge in [-0.1, -0.05) is 6.08 Å². The van der Waals surface area contributed by atoms with E-state index in [0.717, 1.165) is 17.4 Å². The van der Waals surface area contributed by atoms with E-state index in [1.165, 1.54) is 0 Å². The van der Waals surface area contributed by atoms with Gasteiger partial charge < -0.3 is 4.79 Å². The second kappa shape index (κ2) is 3.83. The van der Waals surface area contributed by atoms with Crippen LogP contribution in [0.25, 0.3) is 17.1 Å². The Morgan fingerprint density at radius 3 is 3.29 bits per heavy atom. The number of carbonyl (C=O) groups is 1. The van der Waals surface area contributed by atoms with E-state index >= 15 is 0 Å². The minimum absolute atomic E-state index is 0.417. The van der Waals surface area contributed by atoms with Crippen molar-refractivity contribution in [3.05, 3.63) is 30.1 Å². The summed E-state index contributed by atoms with van der Waals surface area (Å²) in [7, 11) is 0. The van der Waals surface area contributed by atoms with E-state index in [4.69, 9.17) is 0 Å². The maximum atomic E-state index is 10.1. The number of fused-ring (bicyclic) bond motifs is 1. The highest BCUT2D eigenvalue weighted by Crippen LogP contribution is 2.13. The molecule has 0 atom stereocenters. The van der Waals surface area contributed by atoms with Crippen LogP contribution in [-0.4, -0.2) is 21.5 Å². The average molecular weight is 187 g/mol. The first-order valence-corrected chi connectivity index (χ1v) is 4.31. The first-order valence-electron chi connectivity index (χ1n) is 4.31. The van der Waals surface area contributed by atoms with Gasteiger partial charge in [0.1, 0.15) is 6.29 Å². The lowest BCUT2D eigenvalue weighted by molar-refractivity contribution is -0.107. The molecule has 2 heterocycles. The Morgan fingerprint density at radius 1 is 1.50 bits per heavy atom. The number of allylic oxidation sites excluding steroid dienone is 1. The van der Waals surface area contributed by atoms with Crippen molar-refractivity contribution in [1.29, 1.82) is 0 Å². The number of hydrogen-bond donors (Lipinski definition) is 1. The van der Waals surface area contributed by atoms with E-state index in [9.17, 15) is 4.79 Å². The summed E-state index contributed by atoms with van der Waals surface area (Å²) in [5.74, 6) is 0. The average Bonchev–Trinajstić information content (AvgIpc) is 2.63. The van der Waals surface area contributed by atoms with Gasteiger partial charge in [-0.25, -0.2) is 4.98 Å². The number of rotatable bonds is 3. The number of hydrogen-bond acceptors (Lipinski definition) is 3. The Labute approximate surface area is 80.7 Å². The number of nitrogens with one attached hydrogen (secondary N) is 1. The Balaban J connectivity index is 2.38. The van der Waals surface area contributed by atoms with Gasteiger partial charge >= 0.3 is 0 Å². The lowest BCUT2D eigenvalue weighted by Gasteiger charge is -1.87. The van der Waals surface area contributed by atoms with Crippen LogP contribution in [0.1, 0.15) is 12.1 Å². The summed E-state index contributed by atoms with van der Waals surface area (Å²) < 4.78 is 0. The van der Waals surface area contributed by atoms with Crippen molar-refractivity contribution in [3.8, 4) is 0 Å². The van der Waals surface area contributed by atoms with Gasteiger partial charge in [-0.2, -0.15) is 5.10 Å². The molecule has 0 aromatic carbocycles. The molecule has 0 saturated heterocycles. The molecular formula is C10H9N3O. The van der Waals surface area contributed by atoms with Gasteiger partial charge in [0, 0.05) is 18.0 Å². The molecule has 70 valence electrons. The van der Waals surface area contributed by atoms with Crippen LogP contribution >= 0.6 is 0 Å². The molecule has 0 aliphatic heterocycles. The van der Waals surface area contributed by atoms with E-state index in [2.05, 4.69) is 15.2 Å². The van der Waals surface area contributed by atoms with Crippen molar-refractivity contribution < 1.29 is 4.79 Å². The summed E-state index contributed by atoms with van der Waals surface area (Å²) >= 11 is 0. The fraction of sp³-hybridized carbons (Fsp3) is 0.100. The fourth-order valence-corrected chi connectivity index (χ4v) is 1.24. The summed E-state index contributed by atoms with van der Waals surface area (Å²) in [6, 6.07) is 3.79. The molecule has 0 spiro atoms. The smallest absolute Gasteiger partial charge is 0.181 e. The highest BCUT2D eigenvalue weighted by atomic mass is 16.1. The van der Waals surface area contributed by atoms with Crippen molar-refractivity contribution in [2.75, 3.05) is 0 Å². The third-order valence-electron chi connectivity index (χ3n) is 1.88. The molecule has 14 heavy (non-hydrogen) atoms. The van der Waals surface area contributed by atoms with Crippen LogP contribution in [0, 0.1) is 0 Å². The number of aromatic nitrogens is 3. The van der Waals surface area contributed by atoms with Gasteiger partial charge in [0.2, 0.25) is 0 Å². The maximum absolute atomic E-state index is 10.1. The quantitative estimate of drug-likeness (QED) is 0.742. The first-order chi connectivity index (χ1) is 6.92. The van der Waals surface area contributed by atoms with Crippen LogP contribution in [0.15, 0.2) is 24.4 Å². The van der Waals surface area contributed by atoms with Gasteiger partial charge in [-0.05, 0) is 18.2 Å². The van der Waals surface area contributed by atoms with Crippen LogP contribution < -0.4 is 0 Å². The Morgan fingerprint density at radius 2 is 2.43 bits per heavy atom. The van der Waals surface area contributed by atoms with Crippen LogP contribution in [-0.2, 0) is 4.79 Å². The van der Waals surface area contributed by atoms with Crippen molar-refractivity contribution in [2.24, 2.45) is 0 Å². The Kier molecular flexibility index (Phi) is 2.36. The van der Waals surface area contributed by atoms with Gasteiger partial charge in [0.05, 0.1) is 5.69 Å². The monoisotopic (exact) mass is 187 g/mol. The molecule has 1 N–H and O–H groups in total. The second-order valence-corrected chi connectivity index (χ2v) is 2.82. The van der Waals surface area contributed by atoms with Crippen molar-refractivity contribution in [2.45, 2.75) is 6.42 Å². The summed E-state index contributed by atoms with van der Waals surface area (Å²) in [6.45, 7) is 0. The Hall–Kier alpha value is -1.97. The van der Waals surface area contributed by atoms with Crippen LogP contribution in [0.5, 0.6) is 0 Å². The van der Waals surface area contributed by atoms with E-state index in [1.54, 1.807) is 12.3 Å². The zero-order valence-electron chi connectivity index (χ0n) is 7.47. The lowest BCUT2D eigenvalue weighted by atomic mass is 10.2. The maximum Gasteiger partial charge on any atom is 0.181 e. The standard InChI is InChI=1S/C10H9N3O/c14-7-2-1-5-9-8-4-3-6-11-10(8)13-12-9/h1,3-7H,2H2,(H,11,12,13). The SMILES string of the molecule is O=CCC=Cc1[nH]nc2ncccc12. The number of nitrogens with zero attached hydrogens (tertiary/aromatic N) is 2. The third kappa shape index (κ3) is 1.54. The van der Waals surface area contributed by atoms with Crippen molar-refractivity contribution in [1.82, 2.24) is 15.2 Å². The van der Waals surface area contributed by atoms with E-state index in [-0.39, 0.29) is 0 Å². The number of H-pyrrole nitrogens is 1. The molecule has 0 unspecified atom stereocenters. The molecule has 2 rings (SSSR count). The molecule has 0 amide bonds. The minimum atomic E-state index is 0.417. The predicted molar refractivity (Wildman–Crippen MR) is 53.6 cm³/mol. The summed E-state index contributed by atoms with van der Waals surface area (Å²) in [5.41, 5.74) is 1.58.